The minimum Gasteiger partial charge on any atom is -0.381 e. The van der Waals surface area contributed by atoms with Crippen LogP contribution in [0.5, 0.6) is 0 Å². The van der Waals surface area contributed by atoms with E-state index in [1.165, 1.54) is 0 Å². The van der Waals surface area contributed by atoms with Crippen molar-refractivity contribution >= 4 is 0 Å². The Morgan fingerprint density at radius 1 is 1.20 bits per heavy atom. The topological polar surface area (TPSA) is 21.3 Å². The van der Waals surface area contributed by atoms with Gasteiger partial charge in [0.05, 0.1) is 0 Å². The molecule has 0 aromatic heterocycles. The highest BCUT2D eigenvalue weighted by Crippen LogP contribution is 2.31. The van der Waals surface area contributed by atoms with E-state index in [1.54, 1.807) is 13.8 Å². The van der Waals surface area contributed by atoms with Crippen LogP contribution in [0.25, 0.3) is 0 Å². The summed E-state index contributed by atoms with van der Waals surface area (Å²) in [5.41, 5.74) is 0. The van der Waals surface area contributed by atoms with Gasteiger partial charge < -0.3 is 10.1 Å². The van der Waals surface area contributed by atoms with E-state index in [2.05, 4.69) is 5.32 Å². The summed E-state index contributed by atoms with van der Waals surface area (Å²) >= 11 is 0. The molecular weight excluding hydrogens is 207 g/mol. The molecule has 0 spiro atoms. The number of hydrogen-bond donors (Lipinski definition) is 1. The molecule has 1 saturated heterocycles. The van der Waals surface area contributed by atoms with Crippen LogP contribution in [0, 0.1) is 5.92 Å². The Kier molecular flexibility index (Phi) is 4.40. The lowest BCUT2D eigenvalue weighted by molar-refractivity contribution is -0.175. The van der Waals surface area contributed by atoms with Crippen molar-refractivity contribution in [1.29, 1.82) is 0 Å². The van der Waals surface area contributed by atoms with E-state index in [9.17, 15) is 13.2 Å². The van der Waals surface area contributed by atoms with E-state index >= 15 is 0 Å². The third kappa shape index (κ3) is 3.99. The molecule has 0 radical (unpaired) electrons. The first-order valence-electron chi connectivity index (χ1n) is 5.31. The lowest BCUT2D eigenvalue weighted by Gasteiger charge is -2.33. The van der Waals surface area contributed by atoms with Crippen molar-refractivity contribution in [1.82, 2.24) is 5.32 Å². The minimum atomic E-state index is -4.16. The molecule has 0 bridgehead atoms. The van der Waals surface area contributed by atoms with Crippen LogP contribution in [0.2, 0.25) is 0 Å². The second-order valence-electron chi connectivity index (χ2n) is 4.29. The fourth-order valence-electron chi connectivity index (χ4n) is 1.91. The summed E-state index contributed by atoms with van der Waals surface area (Å²) in [4.78, 5) is 0. The van der Waals surface area contributed by atoms with Crippen LogP contribution in [0.4, 0.5) is 13.2 Å². The van der Waals surface area contributed by atoms with Crippen molar-refractivity contribution < 1.29 is 17.9 Å². The Morgan fingerprint density at radius 2 is 1.73 bits per heavy atom. The minimum absolute atomic E-state index is 0.153. The molecule has 1 N–H and O–H groups in total. The zero-order valence-electron chi connectivity index (χ0n) is 9.10. The van der Waals surface area contributed by atoms with Crippen molar-refractivity contribution in [3.05, 3.63) is 0 Å². The zero-order chi connectivity index (χ0) is 11.5. The van der Waals surface area contributed by atoms with Crippen molar-refractivity contribution in [2.75, 3.05) is 13.2 Å². The number of nitrogens with one attached hydrogen (secondary N) is 1. The maximum Gasteiger partial charge on any atom is 0.404 e. The lowest BCUT2D eigenvalue weighted by Crippen LogP contribution is -2.51. The summed E-state index contributed by atoms with van der Waals surface area (Å²) in [5.74, 6) is -0.346. The molecule has 1 rings (SSSR count). The molecule has 0 aromatic carbocycles. The number of rotatable bonds is 3. The molecule has 2 nitrogen and oxygen atoms in total. The highest BCUT2D eigenvalue weighted by atomic mass is 19.4. The first-order chi connectivity index (χ1) is 6.91. The highest BCUT2D eigenvalue weighted by Gasteiger charge is 2.44. The van der Waals surface area contributed by atoms with Crippen LogP contribution in [0.15, 0.2) is 0 Å². The maximum atomic E-state index is 12.8. The summed E-state index contributed by atoms with van der Waals surface area (Å²) in [5, 5.41) is 2.61. The Balaban J connectivity index is 2.61. The molecule has 0 aromatic rings. The largest absolute Gasteiger partial charge is 0.404 e. The molecule has 1 atom stereocenters. The fraction of sp³-hybridized carbons (Fsp3) is 1.00. The summed E-state index contributed by atoms with van der Waals surface area (Å²) in [7, 11) is 0. The van der Waals surface area contributed by atoms with Crippen LogP contribution in [-0.4, -0.2) is 31.5 Å². The van der Waals surface area contributed by atoms with Crippen molar-refractivity contribution in [2.45, 2.75) is 44.9 Å². The normalized spacial score (nSPS) is 22.0. The van der Waals surface area contributed by atoms with Gasteiger partial charge in [-0.05, 0) is 18.8 Å². The molecule has 90 valence electrons. The lowest BCUT2D eigenvalue weighted by atomic mass is 9.91. The second-order valence-corrected chi connectivity index (χ2v) is 4.29. The molecule has 0 unspecified atom stereocenters. The third-order valence-electron chi connectivity index (χ3n) is 2.60. The van der Waals surface area contributed by atoms with E-state index < -0.39 is 12.2 Å². The monoisotopic (exact) mass is 225 g/mol. The van der Waals surface area contributed by atoms with Gasteiger partial charge in [-0.2, -0.15) is 13.2 Å². The predicted octanol–water partition coefficient (Wildman–Crippen LogP) is 2.34. The second kappa shape index (κ2) is 5.16. The molecule has 1 heterocycles. The van der Waals surface area contributed by atoms with Crippen LogP contribution in [0.3, 0.4) is 0 Å². The fourth-order valence-corrected chi connectivity index (χ4v) is 1.91. The van der Waals surface area contributed by atoms with Gasteiger partial charge in [-0.3, -0.25) is 0 Å². The van der Waals surface area contributed by atoms with E-state index in [-0.39, 0.29) is 12.0 Å². The number of halogens is 3. The molecule has 1 aliphatic heterocycles. The number of alkyl halides is 3. The zero-order valence-corrected chi connectivity index (χ0v) is 9.10. The smallest absolute Gasteiger partial charge is 0.381 e. The molecule has 15 heavy (non-hydrogen) atoms. The molecule has 0 saturated carbocycles. The molecule has 0 amide bonds. The Labute approximate surface area is 88.2 Å². The third-order valence-corrected chi connectivity index (χ3v) is 2.60. The molecule has 0 aliphatic carbocycles. The van der Waals surface area contributed by atoms with Gasteiger partial charge in [0, 0.05) is 19.3 Å². The summed E-state index contributed by atoms with van der Waals surface area (Å²) in [6.45, 7) is 4.35. The number of ether oxygens (including phenoxy) is 1. The highest BCUT2D eigenvalue weighted by molar-refractivity contribution is 4.85. The number of hydrogen-bond acceptors (Lipinski definition) is 2. The van der Waals surface area contributed by atoms with Gasteiger partial charge in [0.2, 0.25) is 0 Å². The van der Waals surface area contributed by atoms with Crippen molar-refractivity contribution in [2.24, 2.45) is 5.92 Å². The molecule has 1 aliphatic rings. The average molecular weight is 225 g/mol. The summed E-state index contributed by atoms with van der Waals surface area (Å²) in [6.07, 6.45) is -3.18. The van der Waals surface area contributed by atoms with Crippen LogP contribution in [0.1, 0.15) is 26.7 Å². The van der Waals surface area contributed by atoms with Gasteiger partial charge in [0.1, 0.15) is 6.04 Å². The van der Waals surface area contributed by atoms with Crippen LogP contribution < -0.4 is 5.32 Å². The van der Waals surface area contributed by atoms with Gasteiger partial charge in [-0.1, -0.05) is 13.8 Å². The molecule has 1 fully saturated rings. The van der Waals surface area contributed by atoms with Gasteiger partial charge >= 0.3 is 6.18 Å². The Morgan fingerprint density at radius 3 is 2.13 bits per heavy atom. The maximum absolute atomic E-state index is 12.8. The van der Waals surface area contributed by atoms with Crippen molar-refractivity contribution in [3.8, 4) is 0 Å². The first kappa shape index (κ1) is 12.8. The summed E-state index contributed by atoms with van der Waals surface area (Å²) < 4.78 is 43.4. The standard InChI is InChI=1S/C10H18F3NO/c1-7(2)14-9(10(11,12)13)8-3-5-15-6-4-8/h7-9,14H,3-6H2,1-2H3/t9-/m0/s1. The molecular formula is C10H18F3NO. The summed E-state index contributed by atoms with van der Waals surface area (Å²) in [6, 6.07) is -1.54. The van der Waals surface area contributed by atoms with Gasteiger partial charge in [-0.25, -0.2) is 0 Å². The van der Waals surface area contributed by atoms with Crippen molar-refractivity contribution in [3.63, 3.8) is 0 Å². The SMILES string of the molecule is CC(C)N[C@@H](C1CCOCC1)C(F)(F)F. The Bertz CT molecular complexity index is 188. The van der Waals surface area contributed by atoms with E-state index in [0.29, 0.717) is 26.1 Å². The predicted molar refractivity (Wildman–Crippen MR) is 51.7 cm³/mol. The van der Waals surface area contributed by atoms with E-state index in [4.69, 9.17) is 4.74 Å². The van der Waals surface area contributed by atoms with Gasteiger partial charge in [0.15, 0.2) is 0 Å². The quantitative estimate of drug-likeness (QED) is 0.796. The molecule has 5 heteroatoms. The first-order valence-corrected chi connectivity index (χ1v) is 5.31. The van der Waals surface area contributed by atoms with Crippen LogP contribution in [-0.2, 0) is 4.74 Å². The van der Waals surface area contributed by atoms with E-state index in [1.807, 2.05) is 0 Å². The average Bonchev–Trinajstić information content (AvgIpc) is 2.14. The van der Waals surface area contributed by atoms with E-state index in [0.717, 1.165) is 0 Å². The van der Waals surface area contributed by atoms with Gasteiger partial charge in [0.25, 0.3) is 0 Å². The van der Waals surface area contributed by atoms with Crippen LogP contribution >= 0.6 is 0 Å². The Hall–Kier alpha value is -0.290. The van der Waals surface area contributed by atoms with Gasteiger partial charge in [-0.15, -0.1) is 0 Å².